The van der Waals surface area contributed by atoms with Gasteiger partial charge in [-0.1, -0.05) is 30.3 Å². The fraction of sp³-hybridized carbons (Fsp3) is 0.125. The van der Waals surface area contributed by atoms with E-state index in [1.165, 1.54) is 18.3 Å². The van der Waals surface area contributed by atoms with Crippen molar-refractivity contribution < 1.29 is 13.2 Å². The van der Waals surface area contributed by atoms with Gasteiger partial charge in [0.2, 0.25) is 0 Å². The van der Waals surface area contributed by atoms with E-state index in [0.717, 1.165) is 9.96 Å². The predicted molar refractivity (Wildman–Crippen MR) is 76.6 cm³/mol. The van der Waals surface area contributed by atoms with Crippen LogP contribution in [0.5, 0.6) is 0 Å². The maximum atomic E-state index is 13.3. The maximum absolute atomic E-state index is 13.3. The minimum Gasteiger partial charge on any atom is -0.268 e. The van der Waals surface area contributed by atoms with Crippen LogP contribution >= 0.6 is 0 Å². The van der Waals surface area contributed by atoms with Crippen molar-refractivity contribution in [1.29, 1.82) is 0 Å². The summed E-state index contributed by atoms with van der Waals surface area (Å²) in [6, 6.07) is 11.1. The van der Waals surface area contributed by atoms with Gasteiger partial charge in [0.05, 0.1) is 5.69 Å². The van der Waals surface area contributed by atoms with Gasteiger partial charge in [0.15, 0.2) is 0 Å². The van der Waals surface area contributed by atoms with Crippen LogP contribution in [0.25, 0.3) is 16.9 Å². The molecule has 0 saturated heterocycles. The van der Waals surface area contributed by atoms with Crippen LogP contribution in [0.1, 0.15) is 11.1 Å². The van der Waals surface area contributed by atoms with E-state index in [4.69, 9.17) is 0 Å². The molecule has 0 fully saturated rings. The molecule has 6 heteroatoms. The van der Waals surface area contributed by atoms with Crippen molar-refractivity contribution in [2.75, 3.05) is 0 Å². The zero-order valence-corrected chi connectivity index (χ0v) is 11.6. The lowest BCUT2D eigenvalue weighted by Crippen LogP contribution is -2.27. The van der Waals surface area contributed by atoms with Gasteiger partial charge >= 0.3 is 6.18 Å². The maximum Gasteiger partial charge on any atom is 0.423 e. The molecule has 0 aliphatic carbocycles. The number of rotatable bonds is 1. The summed E-state index contributed by atoms with van der Waals surface area (Å²) >= 11 is 0. The minimum atomic E-state index is -4.78. The molecule has 0 bridgehead atoms. The zero-order valence-electron chi connectivity index (χ0n) is 11.6. The summed E-state index contributed by atoms with van der Waals surface area (Å²) in [6.07, 6.45) is -3.47. The lowest BCUT2D eigenvalue weighted by molar-refractivity contribution is -0.138. The van der Waals surface area contributed by atoms with Crippen molar-refractivity contribution in [1.82, 2.24) is 9.38 Å². The Hall–Kier alpha value is -2.63. The van der Waals surface area contributed by atoms with Gasteiger partial charge in [-0.3, -0.25) is 9.20 Å². The number of benzene rings is 1. The van der Waals surface area contributed by atoms with Crippen LogP contribution in [-0.4, -0.2) is 9.38 Å². The first kappa shape index (κ1) is 14.3. The molecule has 0 radical (unpaired) electrons. The second kappa shape index (κ2) is 4.98. The topological polar surface area (TPSA) is 34.4 Å². The van der Waals surface area contributed by atoms with E-state index in [2.05, 4.69) is 4.98 Å². The first-order chi connectivity index (χ1) is 10.4. The standard InChI is InChI=1S/C16H11F3N2O/c1-10-7-8-21-12(9-10)20-14(11-5-3-2-4-6-11)13(15(21)22)16(17,18)19/h2-9H,1H3. The molecule has 0 aliphatic rings. The summed E-state index contributed by atoms with van der Waals surface area (Å²) in [5, 5.41) is 0. The van der Waals surface area contributed by atoms with Gasteiger partial charge in [-0.05, 0) is 24.6 Å². The molecule has 3 rings (SSSR count). The Morgan fingerprint density at radius 2 is 1.77 bits per heavy atom. The van der Waals surface area contributed by atoms with E-state index in [1.54, 1.807) is 37.3 Å². The van der Waals surface area contributed by atoms with Gasteiger partial charge in [0.25, 0.3) is 5.56 Å². The van der Waals surface area contributed by atoms with Crippen molar-refractivity contribution in [3.05, 3.63) is 70.1 Å². The molecule has 3 aromatic rings. The number of halogens is 3. The summed E-state index contributed by atoms with van der Waals surface area (Å²) in [5.41, 5.74) is -1.45. The predicted octanol–water partition coefficient (Wildman–Crippen LogP) is 3.69. The Morgan fingerprint density at radius 3 is 2.41 bits per heavy atom. The fourth-order valence-electron chi connectivity index (χ4n) is 2.30. The van der Waals surface area contributed by atoms with Gasteiger partial charge < -0.3 is 0 Å². The molecule has 2 heterocycles. The molecule has 0 unspecified atom stereocenters. The monoisotopic (exact) mass is 304 g/mol. The number of alkyl halides is 3. The van der Waals surface area contributed by atoms with E-state index >= 15 is 0 Å². The van der Waals surface area contributed by atoms with Crippen molar-refractivity contribution >= 4 is 5.65 Å². The van der Waals surface area contributed by atoms with Gasteiger partial charge in [-0.2, -0.15) is 13.2 Å². The molecular weight excluding hydrogens is 293 g/mol. The lowest BCUT2D eigenvalue weighted by Gasteiger charge is -2.13. The summed E-state index contributed by atoms with van der Waals surface area (Å²) in [6.45, 7) is 1.78. The number of hydrogen-bond donors (Lipinski definition) is 0. The highest BCUT2D eigenvalue weighted by molar-refractivity contribution is 5.66. The molecule has 22 heavy (non-hydrogen) atoms. The van der Waals surface area contributed by atoms with Gasteiger partial charge in [0.1, 0.15) is 11.2 Å². The summed E-state index contributed by atoms with van der Waals surface area (Å²) < 4.78 is 41.0. The van der Waals surface area contributed by atoms with Crippen LogP contribution in [0.2, 0.25) is 0 Å². The van der Waals surface area contributed by atoms with Crippen molar-refractivity contribution in [2.24, 2.45) is 0 Å². The minimum absolute atomic E-state index is 0.192. The van der Waals surface area contributed by atoms with Crippen LogP contribution in [-0.2, 0) is 6.18 Å². The SMILES string of the molecule is Cc1ccn2c(=O)c(C(F)(F)F)c(-c3ccccc3)nc2c1. The second-order valence-corrected chi connectivity index (χ2v) is 4.94. The lowest BCUT2D eigenvalue weighted by atomic mass is 10.1. The van der Waals surface area contributed by atoms with Crippen molar-refractivity contribution in [3.63, 3.8) is 0 Å². The molecule has 0 aliphatic heterocycles. The third-order valence-corrected chi connectivity index (χ3v) is 3.32. The Morgan fingerprint density at radius 1 is 1.09 bits per heavy atom. The number of fused-ring (bicyclic) bond motifs is 1. The van der Waals surface area contributed by atoms with Gasteiger partial charge in [-0.15, -0.1) is 0 Å². The number of nitrogens with zero attached hydrogens (tertiary/aromatic N) is 2. The Kier molecular flexibility index (Phi) is 3.24. The third-order valence-electron chi connectivity index (χ3n) is 3.32. The average Bonchev–Trinajstić information content (AvgIpc) is 2.46. The fourth-order valence-corrected chi connectivity index (χ4v) is 2.30. The van der Waals surface area contributed by atoms with Gasteiger partial charge in [-0.25, -0.2) is 4.98 Å². The number of hydrogen-bond acceptors (Lipinski definition) is 2. The first-order valence-electron chi connectivity index (χ1n) is 6.53. The zero-order chi connectivity index (χ0) is 15.9. The van der Waals surface area contributed by atoms with Crippen LogP contribution in [0.15, 0.2) is 53.5 Å². The molecule has 0 saturated carbocycles. The highest BCUT2D eigenvalue weighted by atomic mass is 19.4. The highest BCUT2D eigenvalue weighted by Gasteiger charge is 2.38. The quantitative estimate of drug-likeness (QED) is 0.687. The second-order valence-electron chi connectivity index (χ2n) is 4.94. The highest BCUT2D eigenvalue weighted by Crippen LogP contribution is 2.33. The summed E-state index contributed by atoms with van der Waals surface area (Å²) in [4.78, 5) is 16.4. The molecule has 0 spiro atoms. The summed E-state index contributed by atoms with van der Waals surface area (Å²) in [7, 11) is 0. The largest absolute Gasteiger partial charge is 0.423 e. The number of aromatic nitrogens is 2. The van der Waals surface area contributed by atoms with Gasteiger partial charge in [0, 0.05) is 11.8 Å². The Bertz CT molecular complexity index is 899. The van der Waals surface area contributed by atoms with E-state index in [1.807, 2.05) is 0 Å². The first-order valence-corrected chi connectivity index (χ1v) is 6.53. The average molecular weight is 304 g/mol. The molecule has 1 aromatic carbocycles. The van der Waals surface area contributed by atoms with E-state index in [0.29, 0.717) is 0 Å². The molecule has 3 nitrogen and oxygen atoms in total. The molecular formula is C16H11F3N2O. The molecule has 0 atom stereocenters. The van der Waals surface area contributed by atoms with E-state index < -0.39 is 17.3 Å². The van der Waals surface area contributed by atoms with E-state index in [-0.39, 0.29) is 16.9 Å². The normalized spacial score (nSPS) is 11.8. The van der Waals surface area contributed by atoms with Crippen molar-refractivity contribution in [3.8, 4) is 11.3 Å². The molecule has 2 aromatic heterocycles. The van der Waals surface area contributed by atoms with E-state index in [9.17, 15) is 18.0 Å². The smallest absolute Gasteiger partial charge is 0.268 e. The van der Waals surface area contributed by atoms with Crippen LogP contribution in [0.4, 0.5) is 13.2 Å². The number of pyridine rings is 1. The molecule has 112 valence electrons. The van der Waals surface area contributed by atoms with Crippen LogP contribution in [0.3, 0.4) is 0 Å². The number of aryl methyl sites for hydroxylation is 1. The van der Waals surface area contributed by atoms with Crippen molar-refractivity contribution in [2.45, 2.75) is 13.1 Å². The Balaban J connectivity index is 2.46. The molecule has 0 N–H and O–H groups in total. The molecule has 0 amide bonds. The third kappa shape index (κ3) is 2.36. The van der Waals surface area contributed by atoms with Crippen LogP contribution < -0.4 is 5.56 Å². The van der Waals surface area contributed by atoms with Crippen LogP contribution in [0, 0.1) is 6.92 Å². The Labute approximate surface area is 123 Å². The summed E-state index contributed by atoms with van der Waals surface area (Å²) in [5.74, 6) is 0.